The van der Waals surface area contributed by atoms with Gasteiger partial charge in [-0.2, -0.15) is 0 Å². The molecule has 3 N–H and O–H groups in total. The highest BCUT2D eigenvalue weighted by Crippen LogP contribution is 2.37. The van der Waals surface area contributed by atoms with Gasteiger partial charge in [0.05, 0.1) is 0 Å². The van der Waals surface area contributed by atoms with Crippen molar-refractivity contribution in [3.63, 3.8) is 0 Å². The molecule has 3 atom stereocenters. The molecule has 1 fully saturated rings. The van der Waals surface area contributed by atoms with Crippen molar-refractivity contribution < 1.29 is 0 Å². The average Bonchev–Trinajstić information content (AvgIpc) is 2.75. The van der Waals surface area contributed by atoms with E-state index in [1.165, 1.54) is 24.8 Å². The van der Waals surface area contributed by atoms with Gasteiger partial charge in [-0.3, -0.25) is 0 Å². The molecule has 19 heavy (non-hydrogen) atoms. The number of hydrogen-bond donors (Lipinski definition) is 2. The van der Waals surface area contributed by atoms with E-state index in [-0.39, 0.29) is 0 Å². The van der Waals surface area contributed by atoms with Crippen LogP contribution in [0.3, 0.4) is 0 Å². The second-order valence-corrected chi connectivity index (χ2v) is 6.81. The Morgan fingerprint density at radius 1 is 1.32 bits per heavy atom. The maximum absolute atomic E-state index is 5.99. The van der Waals surface area contributed by atoms with Crippen molar-refractivity contribution in [2.24, 2.45) is 11.1 Å². The Balaban J connectivity index is 1.97. The van der Waals surface area contributed by atoms with Crippen molar-refractivity contribution in [3.8, 4) is 0 Å². The maximum Gasteiger partial charge on any atom is 0.0258 e. The van der Waals surface area contributed by atoms with E-state index in [1.807, 2.05) is 0 Å². The predicted octanol–water partition coefficient (Wildman–Crippen LogP) is 3.29. The molecule has 3 unspecified atom stereocenters. The number of rotatable bonds is 5. The van der Waals surface area contributed by atoms with E-state index in [1.54, 1.807) is 0 Å². The van der Waals surface area contributed by atoms with Crippen LogP contribution in [0.25, 0.3) is 0 Å². The molecule has 1 aromatic rings. The summed E-state index contributed by atoms with van der Waals surface area (Å²) in [5, 5.41) is 3.79. The third-order valence-corrected chi connectivity index (χ3v) is 4.60. The van der Waals surface area contributed by atoms with E-state index in [0.717, 1.165) is 0 Å². The molecular formula is C17H28N2. The van der Waals surface area contributed by atoms with Gasteiger partial charge in [0, 0.05) is 18.6 Å². The molecule has 1 saturated carbocycles. The van der Waals surface area contributed by atoms with Crippen LogP contribution in [0, 0.1) is 5.41 Å². The molecule has 0 saturated heterocycles. The van der Waals surface area contributed by atoms with Gasteiger partial charge < -0.3 is 11.1 Å². The van der Waals surface area contributed by atoms with Gasteiger partial charge in [-0.1, -0.05) is 51.1 Å². The Kier molecular flexibility index (Phi) is 4.64. The van der Waals surface area contributed by atoms with Gasteiger partial charge >= 0.3 is 0 Å². The summed E-state index contributed by atoms with van der Waals surface area (Å²) in [6.45, 7) is 7.71. The first-order valence-corrected chi connectivity index (χ1v) is 7.53. The van der Waals surface area contributed by atoms with Crippen molar-refractivity contribution >= 4 is 0 Å². The van der Waals surface area contributed by atoms with Gasteiger partial charge in [0.1, 0.15) is 0 Å². The van der Waals surface area contributed by atoms with E-state index in [2.05, 4.69) is 56.4 Å². The Bertz CT molecular complexity index is 386. The van der Waals surface area contributed by atoms with Crippen molar-refractivity contribution in [1.82, 2.24) is 5.32 Å². The molecule has 0 heterocycles. The molecule has 0 radical (unpaired) electrons. The van der Waals surface area contributed by atoms with Gasteiger partial charge in [0.25, 0.3) is 0 Å². The molecule has 1 aromatic carbocycles. The number of nitrogens with two attached hydrogens (primary N) is 1. The lowest BCUT2D eigenvalue weighted by atomic mass is 9.90. The third-order valence-electron chi connectivity index (χ3n) is 4.60. The van der Waals surface area contributed by atoms with Crippen LogP contribution >= 0.6 is 0 Å². The van der Waals surface area contributed by atoms with Crippen molar-refractivity contribution in [2.45, 2.75) is 58.0 Å². The van der Waals surface area contributed by atoms with Crippen molar-refractivity contribution in [2.75, 3.05) is 6.54 Å². The quantitative estimate of drug-likeness (QED) is 0.852. The van der Waals surface area contributed by atoms with Gasteiger partial charge in [-0.25, -0.2) is 0 Å². The highest BCUT2D eigenvalue weighted by atomic mass is 15.0. The fourth-order valence-corrected chi connectivity index (χ4v) is 3.29. The van der Waals surface area contributed by atoms with Crippen molar-refractivity contribution in [3.05, 3.63) is 35.9 Å². The predicted molar refractivity (Wildman–Crippen MR) is 82.3 cm³/mol. The van der Waals surface area contributed by atoms with Crippen LogP contribution in [0.5, 0.6) is 0 Å². The molecule has 0 aliphatic heterocycles. The number of nitrogens with one attached hydrogen (secondary N) is 1. The second-order valence-electron chi connectivity index (χ2n) is 6.81. The van der Waals surface area contributed by atoms with Crippen LogP contribution < -0.4 is 11.1 Å². The lowest BCUT2D eigenvalue weighted by molar-refractivity contribution is 0.341. The Labute approximate surface area is 117 Å². The summed E-state index contributed by atoms with van der Waals surface area (Å²) in [6.07, 6.45) is 3.87. The first kappa shape index (κ1) is 14.5. The van der Waals surface area contributed by atoms with Gasteiger partial charge in [0.15, 0.2) is 0 Å². The van der Waals surface area contributed by atoms with E-state index in [9.17, 15) is 0 Å². The van der Waals surface area contributed by atoms with E-state index >= 15 is 0 Å². The maximum atomic E-state index is 5.99. The smallest absolute Gasteiger partial charge is 0.0258 e. The normalized spacial score (nSPS) is 25.2. The van der Waals surface area contributed by atoms with Crippen LogP contribution in [-0.2, 0) is 0 Å². The second kappa shape index (κ2) is 6.06. The largest absolute Gasteiger partial charge is 0.329 e. The van der Waals surface area contributed by atoms with Crippen LogP contribution in [0.15, 0.2) is 30.3 Å². The Morgan fingerprint density at radius 3 is 2.53 bits per heavy atom. The fraction of sp³-hybridized carbons (Fsp3) is 0.647. The topological polar surface area (TPSA) is 38.0 Å². The summed E-state index contributed by atoms with van der Waals surface area (Å²) >= 11 is 0. The number of benzene rings is 1. The van der Waals surface area contributed by atoms with E-state index < -0.39 is 0 Å². The van der Waals surface area contributed by atoms with Gasteiger partial charge in [0.2, 0.25) is 0 Å². The molecule has 0 bridgehead atoms. The zero-order valence-corrected chi connectivity index (χ0v) is 12.5. The minimum atomic E-state index is 0.376. The Morgan fingerprint density at radius 2 is 2.00 bits per heavy atom. The summed E-state index contributed by atoms with van der Waals surface area (Å²) < 4.78 is 0. The van der Waals surface area contributed by atoms with Crippen LogP contribution in [0.2, 0.25) is 0 Å². The third kappa shape index (κ3) is 3.80. The van der Waals surface area contributed by atoms with Crippen LogP contribution in [0.1, 0.15) is 51.5 Å². The lowest BCUT2D eigenvalue weighted by Gasteiger charge is -2.28. The Hall–Kier alpha value is -0.860. The highest BCUT2D eigenvalue weighted by Gasteiger charge is 2.32. The summed E-state index contributed by atoms with van der Waals surface area (Å²) in [5.41, 5.74) is 7.86. The minimum absolute atomic E-state index is 0.376. The van der Waals surface area contributed by atoms with Crippen molar-refractivity contribution in [1.29, 1.82) is 0 Å². The summed E-state index contributed by atoms with van der Waals surface area (Å²) in [7, 11) is 0. The average molecular weight is 260 g/mol. The fourth-order valence-electron chi connectivity index (χ4n) is 3.29. The zero-order valence-electron chi connectivity index (χ0n) is 12.5. The minimum Gasteiger partial charge on any atom is -0.329 e. The van der Waals surface area contributed by atoms with Gasteiger partial charge in [-0.15, -0.1) is 0 Å². The molecule has 2 nitrogen and oxygen atoms in total. The number of hydrogen-bond acceptors (Lipinski definition) is 2. The van der Waals surface area contributed by atoms with E-state index in [0.29, 0.717) is 30.0 Å². The molecule has 0 aromatic heterocycles. The molecule has 1 aliphatic rings. The molecule has 0 amide bonds. The molecule has 2 rings (SSSR count). The first-order valence-electron chi connectivity index (χ1n) is 7.53. The SMILES string of the molecule is CC(c1ccccc1)C(CN)NC1CCC(C)(C)C1. The highest BCUT2D eigenvalue weighted by molar-refractivity contribution is 5.20. The van der Waals surface area contributed by atoms with Gasteiger partial charge in [-0.05, 0) is 36.2 Å². The summed E-state index contributed by atoms with van der Waals surface area (Å²) in [6, 6.07) is 11.7. The standard InChI is InChI=1S/C17H28N2/c1-13(14-7-5-4-6-8-14)16(12-18)19-15-9-10-17(2,3)11-15/h4-8,13,15-16,19H,9-12,18H2,1-3H3. The molecule has 0 spiro atoms. The molecular weight excluding hydrogens is 232 g/mol. The van der Waals surface area contributed by atoms with E-state index in [4.69, 9.17) is 5.73 Å². The van der Waals surface area contributed by atoms with Crippen LogP contribution in [0.4, 0.5) is 0 Å². The van der Waals surface area contributed by atoms with Crippen LogP contribution in [-0.4, -0.2) is 18.6 Å². The molecule has 2 heteroatoms. The molecule has 1 aliphatic carbocycles. The monoisotopic (exact) mass is 260 g/mol. The lowest BCUT2D eigenvalue weighted by Crippen LogP contribution is -2.45. The summed E-state index contributed by atoms with van der Waals surface area (Å²) in [4.78, 5) is 0. The zero-order chi connectivity index (χ0) is 13.9. The first-order chi connectivity index (χ1) is 9.02. The molecule has 106 valence electrons. The summed E-state index contributed by atoms with van der Waals surface area (Å²) in [5.74, 6) is 0.468.